The van der Waals surface area contributed by atoms with E-state index in [0.29, 0.717) is 6.61 Å². The molecule has 2 heterocycles. The van der Waals surface area contributed by atoms with Crippen LogP contribution in [0.4, 0.5) is 5.13 Å². The van der Waals surface area contributed by atoms with Gasteiger partial charge in [0.2, 0.25) is 5.13 Å². The molecule has 1 aliphatic rings. The summed E-state index contributed by atoms with van der Waals surface area (Å²) in [6.45, 7) is 2.54. The summed E-state index contributed by atoms with van der Waals surface area (Å²) < 4.78 is 9.73. The molecule has 4 nitrogen and oxygen atoms in total. The number of fused-ring (bicyclic) bond motifs is 1. The molecule has 1 aromatic heterocycles. The average molecular weight is 233 g/mol. The van der Waals surface area contributed by atoms with Crippen molar-refractivity contribution in [2.45, 2.75) is 13.0 Å². The third kappa shape index (κ3) is 1.63. The molecule has 1 atom stereocenters. The highest BCUT2D eigenvalue weighted by Crippen LogP contribution is 2.34. The van der Waals surface area contributed by atoms with Crippen LogP contribution in [0.2, 0.25) is 0 Å². The Morgan fingerprint density at radius 1 is 1.44 bits per heavy atom. The van der Waals surface area contributed by atoms with Gasteiger partial charge >= 0.3 is 0 Å². The molecular formula is C11H11N3OS. The van der Waals surface area contributed by atoms with Crippen LogP contribution in [0.5, 0.6) is 5.75 Å². The zero-order valence-corrected chi connectivity index (χ0v) is 9.62. The normalized spacial score (nSPS) is 17.9. The highest BCUT2D eigenvalue weighted by Gasteiger charge is 2.24. The highest BCUT2D eigenvalue weighted by molar-refractivity contribution is 7.09. The first-order valence-corrected chi connectivity index (χ1v) is 5.89. The Balaban J connectivity index is 1.83. The fourth-order valence-corrected chi connectivity index (χ4v) is 2.41. The fourth-order valence-electron chi connectivity index (χ4n) is 1.79. The number of para-hydroxylation sites is 1. The van der Waals surface area contributed by atoms with E-state index in [0.717, 1.165) is 16.7 Å². The lowest BCUT2D eigenvalue weighted by Gasteiger charge is -2.08. The second kappa shape index (κ2) is 3.75. The Labute approximate surface area is 97.5 Å². The third-order valence-corrected chi connectivity index (χ3v) is 3.26. The number of benzene rings is 1. The zero-order chi connectivity index (χ0) is 11.0. The van der Waals surface area contributed by atoms with Gasteiger partial charge in [0.15, 0.2) is 0 Å². The van der Waals surface area contributed by atoms with Crippen molar-refractivity contribution < 1.29 is 4.74 Å². The van der Waals surface area contributed by atoms with Crippen molar-refractivity contribution in [3.05, 3.63) is 35.7 Å². The van der Waals surface area contributed by atoms with Gasteiger partial charge in [0, 0.05) is 17.1 Å². The number of ether oxygens (including phenoxy) is 1. The predicted molar refractivity (Wildman–Crippen MR) is 62.9 cm³/mol. The number of hydrogen-bond acceptors (Lipinski definition) is 5. The lowest BCUT2D eigenvalue weighted by Crippen LogP contribution is -2.11. The van der Waals surface area contributed by atoms with E-state index in [4.69, 9.17) is 4.74 Å². The first kappa shape index (κ1) is 9.59. The monoisotopic (exact) mass is 233 g/mol. The largest absolute Gasteiger partial charge is 0.491 e. The van der Waals surface area contributed by atoms with E-state index < -0.39 is 0 Å². The average Bonchev–Trinajstić information content (AvgIpc) is 2.87. The van der Waals surface area contributed by atoms with Gasteiger partial charge < -0.3 is 10.1 Å². The van der Waals surface area contributed by atoms with E-state index in [1.54, 1.807) is 0 Å². The van der Waals surface area contributed by atoms with Crippen LogP contribution in [0.25, 0.3) is 0 Å². The van der Waals surface area contributed by atoms with E-state index in [2.05, 4.69) is 20.7 Å². The summed E-state index contributed by atoms with van der Waals surface area (Å²) in [5.41, 5.74) is 1.19. The predicted octanol–water partition coefficient (Wildman–Crippen LogP) is 2.39. The summed E-state index contributed by atoms with van der Waals surface area (Å²) in [6.07, 6.45) is 0. The van der Waals surface area contributed by atoms with Crippen LogP contribution in [0, 0.1) is 6.92 Å². The summed E-state index contributed by atoms with van der Waals surface area (Å²) in [6, 6.07) is 8.25. The molecule has 0 spiro atoms. The molecule has 1 aliphatic heterocycles. The van der Waals surface area contributed by atoms with Crippen molar-refractivity contribution in [3.63, 3.8) is 0 Å². The van der Waals surface area contributed by atoms with E-state index in [1.807, 2.05) is 25.1 Å². The topological polar surface area (TPSA) is 47.0 Å². The van der Waals surface area contributed by atoms with Crippen LogP contribution in [-0.2, 0) is 0 Å². The molecule has 1 N–H and O–H groups in total. The van der Waals surface area contributed by atoms with Crippen LogP contribution in [0.15, 0.2) is 24.3 Å². The molecule has 16 heavy (non-hydrogen) atoms. The first-order valence-electron chi connectivity index (χ1n) is 5.11. The van der Waals surface area contributed by atoms with E-state index >= 15 is 0 Å². The zero-order valence-electron chi connectivity index (χ0n) is 8.80. The summed E-state index contributed by atoms with van der Waals surface area (Å²) in [4.78, 5) is 4.29. The van der Waals surface area contributed by atoms with Crippen LogP contribution in [-0.4, -0.2) is 16.0 Å². The maximum atomic E-state index is 5.58. The second-order valence-electron chi connectivity index (χ2n) is 3.69. The number of nitrogens with one attached hydrogen (secondary N) is 1. The Morgan fingerprint density at radius 3 is 3.12 bits per heavy atom. The van der Waals surface area contributed by atoms with Crippen LogP contribution < -0.4 is 10.1 Å². The minimum absolute atomic E-state index is 0.184. The first-order chi connectivity index (χ1) is 7.83. The van der Waals surface area contributed by atoms with Gasteiger partial charge in [-0.25, -0.2) is 4.98 Å². The standard InChI is InChI=1S/C11H11N3OS/c1-7-12-11(16-14-7)13-9-6-15-10-5-3-2-4-8(9)10/h2-5,9H,6H2,1H3,(H,12,13,14). The van der Waals surface area contributed by atoms with Gasteiger partial charge in [-0.05, 0) is 13.0 Å². The molecular weight excluding hydrogens is 222 g/mol. The number of nitrogens with zero attached hydrogens (tertiary/aromatic N) is 2. The fraction of sp³-hybridized carbons (Fsp3) is 0.273. The Kier molecular flexibility index (Phi) is 2.25. The molecule has 82 valence electrons. The number of rotatable bonds is 2. The minimum Gasteiger partial charge on any atom is -0.491 e. The Morgan fingerprint density at radius 2 is 2.31 bits per heavy atom. The van der Waals surface area contributed by atoms with Gasteiger partial charge in [-0.15, -0.1) is 0 Å². The summed E-state index contributed by atoms with van der Waals surface area (Å²) in [5.74, 6) is 1.76. The van der Waals surface area contributed by atoms with Crippen LogP contribution in [0.3, 0.4) is 0 Å². The lowest BCUT2D eigenvalue weighted by molar-refractivity contribution is 0.340. The lowest BCUT2D eigenvalue weighted by atomic mass is 10.1. The molecule has 3 rings (SSSR count). The van der Waals surface area contributed by atoms with Crippen molar-refractivity contribution in [3.8, 4) is 5.75 Å². The Bertz CT molecular complexity index is 511. The quantitative estimate of drug-likeness (QED) is 0.865. The third-order valence-electron chi connectivity index (χ3n) is 2.53. The van der Waals surface area contributed by atoms with Crippen LogP contribution in [0.1, 0.15) is 17.4 Å². The SMILES string of the molecule is Cc1nsc(NC2COc3ccccc32)n1. The molecule has 0 fully saturated rings. The van der Waals surface area contributed by atoms with Gasteiger partial charge in [0.25, 0.3) is 0 Å². The Hall–Kier alpha value is -1.62. The molecule has 2 aromatic rings. The number of anilines is 1. The molecule has 5 heteroatoms. The maximum Gasteiger partial charge on any atom is 0.203 e. The molecule has 0 amide bonds. The molecule has 0 saturated carbocycles. The van der Waals surface area contributed by atoms with Gasteiger partial charge in [0.1, 0.15) is 18.2 Å². The van der Waals surface area contributed by atoms with Crippen molar-refractivity contribution in [2.75, 3.05) is 11.9 Å². The molecule has 1 aromatic carbocycles. The van der Waals surface area contributed by atoms with Crippen molar-refractivity contribution >= 4 is 16.7 Å². The second-order valence-corrected chi connectivity index (χ2v) is 4.44. The summed E-state index contributed by atoms with van der Waals surface area (Å²) in [5, 5.41) is 4.19. The van der Waals surface area contributed by atoms with Crippen molar-refractivity contribution in [1.29, 1.82) is 0 Å². The molecule has 0 radical (unpaired) electrons. The van der Waals surface area contributed by atoms with Gasteiger partial charge in [-0.1, -0.05) is 18.2 Å². The molecule has 0 aliphatic carbocycles. The van der Waals surface area contributed by atoms with E-state index in [-0.39, 0.29) is 6.04 Å². The highest BCUT2D eigenvalue weighted by atomic mass is 32.1. The van der Waals surface area contributed by atoms with Gasteiger partial charge in [0.05, 0.1) is 6.04 Å². The van der Waals surface area contributed by atoms with E-state index in [9.17, 15) is 0 Å². The van der Waals surface area contributed by atoms with Crippen molar-refractivity contribution in [1.82, 2.24) is 9.36 Å². The van der Waals surface area contributed by atoms with Crippen molar-refractivity contribution in [2.24, 2.45) is 0 Å². The smallest absolute Gasteiger partial charge is 0.203 e. The van der Waals surface area contributed by atoms with Gasteiger partial charge in [-0.3, -0.25) is 0 Å². The maximum absolute atomic E-state index is 5.58. The number of hydrogen-bond donors (Lipinski definition) is 1. The summed E-state index contributed by atoms with van der Waals surface area (Å²) in [7, 11) is 0. The summed E-state index contributed by atoms with van der Waals surface area (Å²) >= 11 is 1.38. The van der Waals surface area contributed by atoms with Crippen LogP contribution >= 0.6 is 11.5 Å². The minimum atomic E-state index is 0.184. The molecule has 1 unspecified atom stereocenters. The van der Waals surface area contributed by atoms with E-state index in [1.165, 1.54) is 17.1 Å². The number of aromatic nitrogens is 2. The molecule has 0 saturated heterocycles. The van der Waals surface area contributed by atoms with Gasteiger partial charge in [-0.2, -0.15) is 4.37 Å². The number of aryl methyl sites for hydroxylation is 1. The molecule has 0 bridgehead atoms.